The van der Waals surface area contributed by atoms with Gasteiger partial charge in [0.05, 0.1) is 12.6 Å². The second-order valence-electron chi connectivity index (χ2n) is 7.79. The van der Waals surface area contributed by atoms with Gasteiger partial charge in [0, 0.05) is 30.1 Å². The second kappa shape index (κ2) is 9.17. The highest BCUT2D eigenvalue weighted by Crippen LogP contribution is 2.44. The number of ether oxygens (including phenoxy) is 2. The SMILES string of the molecule is CC.CC.CN1CC(=O)N2C(Cc3c([nH]c4ccccc34)[C@H]2c2ccc3c(c2)OCO3)C1=O. The number of nitrogens with zero attached hydrogens (tertiary/aromatic N) is 2. The van der Waals surface area contributed by atoms with Crippen molar-refractivity contribution in [1.29, 1.82) is 0 Å². The average Bonchev–Trinajstić information content (AvgIpc) is 3.48. The van der Waals surface area contributed by atoms with Crippen molar-refractivity contribution in [2.24, 2.45) is 0 Å². The number of benzene rings is 2. The van der Waals surface area contributed by atoms with E-state index < -0.39 is 6.04 Å². The van der Waals surface area contributed by atoms with Gasteiger partial charge in [-0.3, -0.25) is 9.59 Å². The molecule has 33 heavy (non-hydrogen) atoms. The topological polar surface area (TPSA) is 74.9 Å². The molecule has 3 aromatic rings. The van der Waals surface area contributed by atoms with Gasteiger partial charge in [-0.1, -0.05) is 52.0 Å². The van der Waals surface area contributed by atoms with E-state index in [0.29, 0.717) is 17.9 Å². The molecule has 0 bridgehead atoms. The molecule has 0 spiro atoms. The van der Waals surface area contributed by atoms with E-state index in [-0.39, 0.29) is 31.2 Å². The smallest absolute Gasteiger partial charge is 0.245 e. The van der Waals surface area contributed by atoms with Gasteiger partial charge in [0.15, 0.2) is 11.5 Å². The molecule has 4 heterocycles. The summed E-state index contributed by atoms with van der Waals surface area (Å²) in [5.74, 6) is 1.28. The van der Waals surface area contributed by atoms with Gasteiger partial charge in [-0.25, -0.2) is 0 Å². The molecule has 1 unspecified atom stereocenters. The fourth-order valence-electron chi connectivity index (χ4n) is 4.84. The molecule has 3 aliphatic heterocycles. The Morgan fingerprint density at radius 2 is 1.70 bits per heavy atom. The zero-order valence-corrected chi connectivity index (χ0v) is 19.8. The number of piperazine rings is 1. The van der Waals surface area contributed by atoms with Gasteiger partial charge in [0.2, 0.25) is 18.6 Å². The number of carbonyl (C=O) groups excluding carboxylic acids is 2. The third kappa shape index (κ3) is 3.61. The number of hydrogen-bond acceptors (Lipinski definition) is 4. The number of aromatic amines is 1. The monoisotopic (exact) mass is 449 g/mol. The lowest BCUT2D eigenvalue weighted by atomic mass is 9.86. The standard InChI is InChI=1S/C22H19N3O4.2C2H6/c1-24-10-19(26)25-16(22(24)27)9-14-13-4-2-3-5-15(13)23-20(14)21(25)12-6-7-17-18(8-12)29-11-28-17;2*1-2/h2-8,16,21,23H,9-11H2,1H3;2*1-2H3/t16?,21-;;/m1../s1. The van der Waals surface area contributed by atoms with Crippen molar-refractivity contribution in [1.82, 2.24) is 14.8 Å². The van der Waals surface area contributed by atoms with Gasteiger partial charge < -0.3 is 24.3 Å². The molecule has 2 aromatic carbocycles. The van der Waals surface area contributed by atoms with Gasteiger partial charge in [-0.2, -0.15) is 0 Å². The van der Waals surface area contributed by atoms with Crippen LogP contribution in [0.2, 0.25) is 0 Å². The summed E-state index contributed by atoms with van der Waals surface area (Å²) >= 11 is 0. The fourth-order valence-corrected chi connectivity index (χ4v) is 4.84. The zero-order chi connectivity index (χ0) is 23.7. The number of likely N-dealkylation sites (N-methyl/N-ethyl adjacent to an activating group) is 1. The van der Waals surface area contributed by atoms with Crippen molar-refractivity contribution in [2.45, 2.75) is 46.2 Å². The number of nitrogens with one attached hydrogen (secondary N) is 1. The van der Waals surface area contributed by atoms with Gasteiger partial charge in [0.1, 0.15) is 6.04 Å². The van der Waals surface area contributed by atoms with Gasteiger partial charge >= 0.3 is 0 Å². The predicted octanol–water partition coefficient (Wildman–Crippen LogP) is 4.26. The molecule has 174 valence electrons. The molecule has 3 aliphatic rings. The number of para-hydroxylation sites is 1. The Morgan fingerprint density at radius 1 is 0.970 bits per heavy atom. The van der Waals surface area contributed by atoms with Crippen molar-refractivity contribution in [2.75, 3.05) is 20.4 Å². The molecule has 0 radical (unpaired) electrons. The molecule has 6 rings (SSSR count). The molecule has 1 fully saturated rings. The summed E-state index contributed by atoms with van der Waals surface area (Å²) in [4.78, 5) is 32.9. The van der Waals surface area contributed by atoms with Gasteiger partial charge in [-0.05, 0) is 29.3 Å². The highest BCUT2D eigenvalue weighted by atomic mass is 16.7. The first kappa shape index (κ1) is 22.7. The van der Waals surface area contributed by atoms with E-state index in [2.05, 4.69) is 11.1 Å². The Morgan fingerprint density at radius 3 is 2.48 bits per heavy atom. The van der Waals surface area contributed by atoms with Crippen LogP contribution in [0.4, 0.5) is 0 Å². The van der Waals surface area contributed by atoms with Crippen LogP contribution in [0.15, 0.2) is 42.5 Å². The minimum Gasteiger partial charge on any atom is -0.454 e. The summed E-state index contributed by atoms with van der Waals surface area (Å²) in [7, 11) is 1.69. The summed E-state index contributed by atoms with van der Waals surface area (Å²) in [6.07, 6.45) is 0.509. The Bertz CT molecular complexity index is 1190. The average molecular weight is 450 g/mol. The van der Waals surface area contributed by atoms with Crippen LogP contribution in [0.3, 0.4) is 0 Å². The number of amides is 2. The van der Waals surface area contributed by atoms with Crippen molar-refractivity contribution in [3.8, 4) is 11.5 Å². The van der Waals surface area contributed by atoms with Crippen LogP contribution in [-0.2, 0) is 16.0 Å². The molecule has 7 nitrogen and oxygen atoms in total. The molecule has 7 heteroatoms. The van der Waals surface area contributed by atoms with Crippen LogP contribution in [0.25, 0.3) is 10.9 Å². The van der Waals surface area contributed by atoms with E-state index in [1.807, 2.05) is 64.1 Å². The van der Waals surface area contributed by atoms with Crippen molar-refractivity contribution >= 4 is 22.7 Å². The maximum absolute atomic E-state index is 13.1. The van der Waals surface area contributed by atoms with E-state index >= 15 is 0 Å². The normalized spacial score (nSPS) is 20.4. The van der Waals surface area contributed by atoms with Gasteiger partial charge in [-0.15, -0.1) is 0 Å². The number of carbonyl (C=O) groups is 2. The van der Waals surface area contributed by atoms with Crippen LogP contribution < -0.4 is 9.47 Å². The molecule has 1 saturated heterocycles. The maximum atomic E-state index is 13.1. The zero-order valence-electron chi connectivity index (χ0n) is 19.8. The van der Waals surface area contributed by atoms with E-state index in [0.717, 1.165) is 27.7 Å². The van der Waals surface area contributed by atoms with E-state index in [4.69, 9.17) is 9.47 Å². The molecule has 0 saturated carbocycles. The molecule has 2 amide bonds. The van der Waals surface area contributed by atoms with E-state index in [1.54, 1.807) is 11.9 Å². The molecule has 2 atom stereocenters. The minimum atomic E-state index is -0.511. The Hall–Kier alpha value is -3.48. The van der Waals surface area contributed by atoms with Crippen molar-refractivity contribution in [3.05, 3.63) is 59.3 Å². The lowest BCUT2D eigenvalue weighted by Crippen LogP contribution is -2.62. The summed E-state index contributed by atoms with van der Waals surface area (Å²) in [5, 5.41) is 1.10. The predicted molar refractivity (Wildman–Crippen MR) is 127 cm³/mol. The second-order valence-corrected chi connectivity index (χ2v) is 7.79. The minimum absolute atomic E-state index is 0.0220. The van der Waals surface area contributed by atoms with E-state index in [1.165, 1.54) is 4.90 Å². The number of aromatic nitrogens is 1. The highest BCUT2D eigenvalue weighted by molar-refractivity contribution is 5.97. The lowest BCUT2D eigenvalue weighted by molar-refractivity contribution is -0.157. The third-order valence-electron chi connectivity index (χ3n) is 6.17. The molecular weight excluding hydrogens is 418 g/mol. The Kier molecular flexibility index (Phi) is 6.31. The van der Waals surface area contributed by atoms with Gasteiger partial charge in [0.25, 0.3) is 0 Å². The molecular formula is C26H31N3O4. The molecule has 0 aliphatic carbocycles. The quantitative estimate of drug-likeness (QED) is 0.602. The lowest BCUT2D eigenvalue weighted by Gasteiger charge is -2.46. The maximum Gasteiger partial charge on any atom is 0.245 e. The van der Waals surface area contributed by atoms with Crippen LogP contribution in [0.1, 0.15) is 50.6 Å². The Labute approximate surface area is 194 Å². The number of rotatable bonds is 1. The van der Waals surface area contributed by atoms with Crippen LogP contribution in [-0.4, -0.2) is 53.0 Å². The molecule has 1 aromatic heterocycles. The highest BCUT2D eigenvalue weighted by Gasteiger charge is 2.47. The summed E-state index contributed by atoms with van der Waals surface area (Å²) in [6, 6.07) is 12.9. The number of fused-ring (bicyclic) bond motifs is 5. The molecule has 1 N–H and O–H groups in total. The third-order valence-corrected chi connectivity index (χ3v) is 6.17. The largest absolute Gasteiger partial charge is 0.454 e. The first-order chi connectivity index (χ1) is 16.1. The number of H-pyrrole nitrogens is 1. The van der Waals surface area contributed by atoms with Crippen LogP contribution >= 0.6 is 0 Å². The van der Waals surface area contributed by atoms with Crippen molar-refractivity contribution in [3.63, 3.8) is 0 Å². The fraction of sp³-hybridized carbons (Fsp3) is 0.385. The first-order valence-electron chi connectivity index (χ1n) is 11.7. The first-order valence-corrected chi connectivity index (χ1v) is 11.7. The van der Waals surface area contributed by atoms with Crippen molar-refractivity contribution < 1.29 is 19.1 Å². The Balaban J connectivity index is 0.000000617. The van der Waals surface area contributed by atoms with Crippen LogP contribution in [0, 0.1) is 0 Å². The summed E-state index contributed by atoms with van der Waals surface area (Å²) < 4.78 is 11.0. The van der Waals surface area contributed by atoms with E-state index in [9.17, 15) is 9.59 Å². The van der Waals surface area contributed by atoms with Crippen LogP contribution in [0.5, 0.6) is 11.5 Å². The summed E-state index contributed by atoms with van der Waals surface area (Å²) in [6.45, 7) is 8.28. The number of hydrogen-bond donors (Lipinski definition) is 1. The summed E-state index contributed by atoms with van der Waals surface area (Å²) in [5.41, 5.74) is 3.97.